The lowest BCUT2D eigenvalue weighted by molar-refractivity contribution is -0.118. The average molecular weight is 522 g/mol. The lowest BCUT2D eigenvalue weighted by Crippen LogP contribution is -2.39. The third kappa shape index (κ3) is 6.62. The van der Waals surface area contributed by atoms with Crippen LogP contribution < -0.4 is 20.3 Å². The number of aliphatic imine (C=N–C) groups is 1. The highest BCUT2D eigenvalue weighted by molar-refractivity contribution is 14.0. The molecule has 7 heteroatoms. The third-order valence-corrected chi connectivity index (χ3v) is 5.14. The molecule has 0 spiro atoms. The molecule has 0 bridgehead atoms. The Bertz CT molecular complexity index is 839. The minimum absolute atomic E-state index is 0. The molecule has 0 atom stereocenters. The molecular weight excluding hydrogens is 491 g/mol. The van der Waals surface area contributed by atoms with Crippen LogP contribution in [0.4, 0.5) is 5.69 Å². The summed E-state index contributed by atoms with van der Waals surface area (Å²) in [5, 5.41) is 6.60. The van der Waals surface area contributed by atoms with Gasteiger partial charge in [-0.3, -0.25) is 9.79 Å². The molecule has 2 aromatic rings. The quantitative estimate of drug-likeness (QED) is 0.242. The summed E-state index contributed by atoms with van der Waals surface area (Å²) >= 11 is 0. The highest BCUT2D eigenvalue weighted by Gasteiger charge is 2.23. The topological polar surface area (TPSA) is 66.0 Å². The van der Waals surface area contributed by atoms with E-state index >= 15 is 0 Å². The Labute approximate surface area is 196 Å². The van der Waals surface area contributed by atoms with Crippen molar-refractivity contribution in [3.63, 3.8) is 0 Å². The van der Waals surface area contributed by atoms with Crippen LogP contribution in [-0.2, 0) is 17.6 Å². The molecule has 1 aliphatic rings. The lowest BCUT2D eigenvalue weighted by atomic mass is 10.1. The zero-order valence-corrected chi connectivity index (χ0v) is 20.0. The van der Waals surface area contributed by atoms with Crippen molar-refractivity contribution in [1.29, 1.82) is 0 Å². The number of rotatable bonds is 8. The summed E-state index contributed by atoms with van der Waals surface area (Å²) in [7, 11) is 3.43. The van der Waals surface area contributed by atoms with Gasteiger partial charge >= 0.3 is 0 Å². The first-order valence-corrected chi connectivity index (χ1v) is 10.2. The average Bonchev–Trinajstić information content (AvgIpc) is 3.20. The zero-order valence-electron chi connectivity index (χ0n) is 17.7. The number of carbonyl (C=O) groups is 1. The summed E-state index contributed by atoms with van der Waals surface area (Å²) in [6, 6.07) is 16.2. The first-order valence-electron chi connectivity index (χ1n) is 10.2. The van der Waals surface area contributed by atoms with Crippen LogP contribution >= 0.6 is 24.0 Å². The Balaban J connectivity index is 0.00000320. The van der Waals surface area contributed by atoms with Gasteiger partial charge in [0.25, 0.3) is 0 Å². The summed E-state index contributed by atoms with van der Waals surface area (Å²) < 4.78 is 5.18. The number of hydrogen-bond donors (Lipinski definition) is 2. The van der Waals surface area contributed by atoms with Gasteiger partial charge in [0.05, 0.1) is 7.11 Å². The molecule has 2 aromatic carbocycles. The normalized spacial score (nSPS) is 12.7. The third-order valence-electron chi connectivity index (χ3n) is 5.14. The molecule has 2 N–H and O–H groups in total. The highest BCUT2D eigenvalue weighted by atomic mass is 127. The number of nitrogens with one attached hydrogen (secondary N) is 2. The molecule has 30 heavy (non-hydrogen) atoms. The first-order chi connectivity index (χ1) is 14.2. The first kappa shape index (κ1) is 24.0. The van der Waals surface area contributed by atoms with E-state index in [0.717, 1.165) is 49.7 Å². The fraction of sp³-hybridized carbons (Fsp3) is 0.391. The number of methoxy groups -OCH3 is 1. The summed E-state index contributed by atoms with van der Waals surface area (Å²) in [6.45, 7) is 2.29. The van der Waals surface area contributed by atoms with Gasteiger partial charge < -0.3 is 20.3 Å². The van der Waals surface area contributed by atoms with Crippen molar-refractivity contribution >= 4 is 41.5 Å². The summed E-state index contributed by atoms with van der Waals surface area (Å²) in [5.74, 6) is 1.82. The number of benzene rings is 2. The second-order valence-electron chi connectivity index (χ2n) is 7.05. The minimum atomic E-state index is 0. The molecule has 0 aliphatic carbocycles. The maximum atomic E-state index is 12.5. The Morgan fingerprint density at radius 1 is 1.10 bits per heavy atom. The number of anilines is 1. The van der Waals surface area contributed by atoms with E-state index in [1.54, 1.807) is 14.2 Å². The maximum absolute atomic E-state index is 12.5. The Morgan fingerprint density at radius 3 is 2.57 bits per heavy atom. The number of ether oxygens (including phenoxy) is 1. The number of fused-ring (bicyclic) bond motifs is 1. The second kappa shape index (κ2) is 12.4. The summed E-state index contributed by atoms with van der Waals surface area (Å²) in [6.07, 6.45) is 3.16. The number of amides is 1. The number of hydrogen-bond acceptors (Lipinski definition) is 3. The molecular formula is C23H31IN4O2. The molecule has 6 nitrogen and oxygen atoms in total. The van der Waals surface area contributed by atoms with Gasteiger partial charge in [-0.2, -0.15) is 0 Å². The van der Waals surface area contributed by atoms with Crippen LogP contribution in [0.25, 0.3) is 0 Å². The van der Waals surface area contributed by atoms with Crippen LogP contribution in [0.2, 0.25) is 0 Å². The standard InChI is InChI=1S/C23H30N4O2.HI/c1-24-23(26-16-13-18-9-11-20(29-2)12-10-18)25-15-5-8-22(28)27-17-14-19-6-3-4-7-21(19)27;/h3-4,6-7,9-12H,5,8,13-17H2,1-2H3,(H2,24,25,26);1H. The van der Waals surface area contributed by atoms with Gasteiger partial charge in [0.15, 0.2) is 5.96 Å². The summed E-state index contributed by atoms with van der Waals surface area (Å²) in [4.78, 5) is 18.7. The van der Waals surface area contributed by atoms with Crippen LogP contribution in [0.15, 0.2) is 53.5 Å². The van der Waals surface area contributed by atoms with Crippen molar-refractivity contribution in [2.24, 2.45) is 4.99 Å². The predicted molar refractivity (Wildman–Crippen MR) is 133 cm³/mol. The van der Waals surface area contributed by atoms with Crippen molar-refractivity contribution in [2.75, 3.05) is 38.7 Å². The van der Waals surface area contributed by atoms with Crippen LogP contribution in [0.5, 0.6) is 5.75 Å². The molecule has 1 amide bonds. The Kier molecular flexibility index (Phi) is 9.93. The van der Waals surface area contributed by atoms with Crippen LogP contribution in [0.1, 0.15) is 24.0 Å². The van der Waals surface area contributed by atoms with E-state index in [4.69, 9.17) is 4.74 Å². The van der Waals surface area contributed by atoms with E-state index in [1.807, 2.05) is 35.2 Å². The smallest absolute Gasteiger partial charge is 0.227 e. The predicted octanol–water partition coefficient (Wildman–Crippen LogP) is 3.39. The number of para-hydroxylation sites is 1. The number of guanidine groups is 1. The van der Waals surface area contributed by atoms with Crippen molar-refractivity contribution < 1.29 is 9.53 Å². The molecule has 0 radical (unpaired) electrons. The molecule has 3 rings (SSSR count). The summed E-state index contributed by atoms with van der Waals surface area (Å²) in [5.41, 5.74) is 3.58. The van der Waals surface area contributed by atoms with Gasteiger partial charge in [-0.1, -0.05) is 30.3 Å². The minimum Gasteiger partial charge on any atom is -0.497 e. The van der Waals surface area contributed by atoms with Crippen LogP contribution in [0.3, 0.4) is 0 Å². The maximum Gasteiger partial charge on any atom is 0.227 e. The Hall–Kier alpha value is -2.29. The molecule has 0 aromatic heterocycles. The largest absolute Gasteiger partial charge is 0.497 e. The van der Waals surface area contributed by atoms with E-state index in [-0.39, 0.29) is 29.9 Å². The van der Waals surface area contributed by atoms with Crippen molar-refractivity contribution in [1.82, 2.24) is 10.6 Å². The zero-order chi connectivity index (χ0) is 20.5. The molecule has 0 saturated heterocycles. The molecule has 0 unspecified atom stereocenters. The van der Waals surface area contributed by atoms with Gasteiger partial charge in [-0.15, -0.1) is 24.0 Å². The van der Waals surface area contributed by atoms with E-state index in [0.29, 0.717) is 13.0 Å². The second-order valence-corrected chi connectivity index (χ2v) is 7.05. The fourth-order valence-corrected chi connectivity index (χ4v) is 3.52. The number of halogens is 1. The van der Waals surface area contributed by atoms with E-state index in [2.05, 4.69) is 33.8 Å². The highest BCUT2D eigenvalue weighted by Crippen LogP contribution is 2.27. The van der Waals surface area contributed by atoms with Crippen molar-refractivity contribution in [2.45, 2.75) is 25.7 Å². The fourth-order valence-electron chi connectivity index (χ4n) is 3.52. The Morgan fingerprint density at radius 2 is 1.83 bits per heavy atom. The van der Waals surface area contributed by atoms with Gasteiger partial charge in [-0.05, 0) is 48.6 Å². The van der Waals surface area contributed by atoms with Crippen LogP contribution in [-0.4, -0.2) is 45.7 Å². The SMILES string of the molecule is CN=C(NCCCC(=O)N1CCc2ccccc21)NCCc1ccc(OC)cc1.I. The van der Waals surface area contributed by atoms with Crippen molar-refractivity contribution in [3.8, 4) is 5.75 Å². The molecule has 1 aliphatic heterocycles. The molecule has 0 saturated carbocycles. The number of carbonyl (C=O) groups excluding carboxylic acids is 1. The van der Waals surface area contributed by atoms with E-state index < -0.39 is 0 Å². The van der Waals surface area contributed by atoms with Gasteiger partial charge in [-0.25, -0.2) is 0 Å². The molecule has 1 heterocycles. The van der Waals surface area contributed by atoms with E-state index in [1.165, 1.54) is 11.1 Å². The van der Waals surface area contributed by atoms with Gasteiger partial charge in [0.1, 0.15) is 5.75 Å². The monoisotopic (exact) mass is 522 g/mol. The van der Waals surface area contributed by atoms with Gasteiger partial charge in [0.2, 0.25) is 5.91 Å². The number of nitrogens with zero attached hydrogens (tertiary/aromatic N) is 2. The van der Waals surface area contributed by atoms with Crippen molar-refractivity contribution in [3.05, 3.63) is 59.7 Å². The lowest BCUT2D eigenvalue weighted by Gasteiger charge is -2.17. The van der Waals surface area contributed by atoms with Gasteiger partial charge in [0, 0.05) is 38.8 Å². The molecule has 0 fully saturated rings. The van der Waals surface area contributed by atoms with E-state index in [9.17, 15) is 4.79 Å². The molecule has 162 valence electrons. The van der Waals surface area contributed by atoms with Crippen LogP contribution in [0, 0.1) is 0 Å².